The molecule has 1 aliphatic carbocycles. The SMILES string of the molecule is CCOC(=O)[C@@H]1[C@@H](c2ccccc2)[C@H]1c1ccccc1. The Kier molecular flexibility index (Phi) is 3.55. The minimum Gasteiger partial charge on any atom is -0.466 e. The van der Waals surface area contributed by atoms with E-state index in [-0.39, 0.29) is 23.7 Å². The lowest BCUT2D eigenvalue weighted by Gasteiger charge is -2.00. The summed E-state index contributed by atoms with van der Waals surface area (Å²) in [5.74, 6) is 0.380. The Morgan fingerprint density at radius 1 is 0.900 bits per heavy atom. The second-order valence-corrected chi connectivity index (χ2v) is 5.15. The average Bonchev–Trinajstić information content (AvgIpc) is 3.25. The van der Waals surface area contributed by atoms with Gasteiger partial charge >= 0.3 is 5.97 Å². The molecule has 1 fully saturated rings. The molecule has 0 N–H and O–H groups in total. The minimum atomic E-state index is -0.0739. The zero-order chi connectivity index (χ0) is 13.9. The number of carbonyl (C=O) groups is 1. The Labute approximate surface area is 119 Å². The van der Waals surface area contributed by atoms with Crippen LogP contribution in [0.15, 0.2) is 60.7 Å². The van der Waals surface area contributed by atoms with Crippen LogP contribution in [0.3, 0.4) is 0 Å². The molecule has 0 aromatic heterocycles. The molecule has 0 radical (unpaired) electrons. The Morgan fingerprint density at radius 2 is 1.35 bits per heavy atom. The van der Waals surface area contributed by atoms with Gasteiger partial charge in [0, 0.05) is 11.8 Å². The zero-order valence-corrected chi connectivity index (χ0v) is 11.5. The van der Waals surface area contributed by atoms with E-state index < -0.39 is 0 Å². The standard InChI is InChI=1S/C18H18O2/c1-2-20-18(19)17-15(13-9-5-3-6-10-13)16(17)14-11-7-4-8-12-14/h3-12,15-17H,2H2,1H3/t15-,16+,17+. The van der Waals surface area contributed by atoms with Gasteiger partial charge in [0.15, 0.2) is 0 Å². The van der Waals surface area contributed by atoms with Crippen molar-refractivity contribution < 1.29 is 9.53 Å². The zero-order valence-electron chi connectivity index (χ0n) is 11.5. The maximum atomic E-state index is 12.2. The summed E-state index contributed by atoms with van der Waals surface area (Å²) in [5.41, 5.74) is 2.44. The molecule has 0 aliphatic heterocycles. The molecule has 2 heteroatoms. The molecule has 0 spiro atoms. The van der Waals surface area contributed by atoms with Crippen LogP contribution in [0, 0.1) is 5.92 Å². The Morgan fingerprint density at radius 3 is 1.75 bits per heavy atom. The van der Waals surface area contributed by atoms with Crippen molar-refractivity contribution in [2.75, 3.05) is 6.61 Å². The Balaban J connectivity index is 1.89. The van der Waals surface area contributed by atoms with E-state index in [1.165, 1.54) is 11.1 Å². The summed E-state index contributed by atoms with van der Waals surface area (Å²) < 4.78 is 5.23. The summed E-state index contributed by atoms with van der Waals surface area (Å²) in [6.07, 6.45) is 0. The first-order valence-electron chi connectivity index (χ1n) is 7.09. The number of esters is 1. The van der Waals surface area contributed by atoms with Gasteiger partial charge in [-0.25, -0.2) is 0 Å². The van der Waals surface area contributed by atoms with Crippen LogP contribution in [0.4, 0.5) is 0 Å². The molecule has 0 unspecified atom stereocenters. The van der Waals surface area contributed by atoms with E-state index in [1.54, 1.807) is 0 Å². The molecular weight excluding hydrogens is 248 g/mol. The molecule has 3 rings (SSSR count). The second-order valence-electron chi connectivity index (χ2n) is 5.15. The normalized spacial score (nSPS) is 24.1. The van der Waals surface area contributed by atoms with Crippen molar-refractivity contribution in [1.29, 1.82) is 0 Å². The van der Waals surface area contributed by atoms with Crippen molar-refractivity contribution in [3.63, 3.8) is 0 Å². The van der Waals surface area contributed by atoms with Crippen molar-refractivity contribution in [3.8, 4) is 0 Å². The largest absolute Gasteiger partial charge is 0.466 e. The third-order valence-electron chi connectivity index (χ3n) is 3.95. The van der Waals surface area contributed by atoms with E-state index in [0.29, 0.717) is 6.61 Å². The van der Waals surface area contributed by atoms with Crippen molar-refractivity contribution in [2.24, 2.45) is 5.92 Å². The summed E-state index contributed by atoms with van der Waals surface area (Å²) in [6.45, 7) is 2.30. The highest BCUT2D eigenvalue weighted by atomic mass is 16.5. The maximum absolute atomic E-state index is 12.2. The molecule has 0 bridgehead atoms. The van der Waals surface area contributed by atoms with Gasteiger partial charge < -0.3 is 4.74 Å². The van der Waals surface area contributed by atoms with E-state index >= 15 is 0 Å². The predicted octanol–water partition coefficient (Wildman–Crippen LogP) is 3.75. The monoisotopic (exact) mass is 266 g/mol. The van der Waals surface area contributed by atoms with Gasteiger partial charge in [-0.15, -0.1) is 0 Å². The van der Waals surface area contributed by atoms with Crippen LogP contribution in [-0.2, 0) is 9.53 Å². The summed E-state index contributed by atoms with van der Waals surface area (Å²) in [6, 6.07) is 20.5. The molecule has 1 aliphatic rings. The minimum absolute atomic E-state index is 0.0419. The topological polar surface area (TPSA) is 26.3 Å². The van der Waals surface area contributed by atoms with Crippen LogP contribution < -0.4 is 0 Å². The van der Waals surface area contributed by atoms with Gasteiger partial charge in [0.2, 0.25) is 0 Å². The van der Waals surface area contributed by atoms with Gasteiger partial charge in [0.1, 0.15) is 0 Å². The van der Waals surface area contributed by atoms with Crippen molar-refractivity contribution >= 4 is 5.97 Å². The molecule has 20 heavy (non-hydrogen) atoms. The fraction of sp³-hybridized carbons (Fsp3) is 0.278. The molecule has 0 heterocycles. The summed E-state index contributed by atoms with van der Waals surface area (Å²) in [7, 11) is 0. The van der Waals surface area contributed by atoms with Gasteiger partial charge in [0.25, 0.3) is 0 Å². The first kappa shape index (κ1) is 12.9. The van der Waals surface area contributed by atoms with Crippen LogP contribution in [0.5, 0.6) is 0 Å². The van der Waals surface area contributed by atoms with Gasteiger partial charge in [-0.3, -0.25) is 4.79 Å². The quantitative estimate of drug-likeness (QED) is 0.788. The van der Waals surface area contributed by atoms with Crippen LogP contribution in [0.25, 0.3) is 0 Å². The van der Waals surface area contributed by atoms with Gasteiger partial charge in [0.05, 0.1) is 12.5 Å². The highest BCUT2D eigenvalue weighted by molar-refractivity contribution is 5.80. The number of rotatable bonds is 4. The molecule has 3 atom stereocenters. The van der Waals surface area contributed by atoms with E-state index in [4.69, 9.17) is 4.74 Å². The van der Waals surface area contributed by atoms with Gasteiger partial charge in [-0.2, -0.15) is 0 Å². The molecule has 2 nitrogen and oxygen atoms in total. The van der Waals surface area contributed by atoms with Crippen LogP contribution >= 0.6 is 0 Å². The average molecular weight is 266 g/mol. The number of hydrogen-bond donors (Lipinski definition) is 0. The third kappa shape index (κ3) is 2.34. The van der Waals surface area contributed by atoms with Crippen LogP contribution in [0.2, 0.25) is 0 Å². The van der Waals surface area contributed by atoms with E-state index in [9.17, 15) is 4.79 Å². The lowest BCUT2D eigenvalue weighted by molar-refractivity contribution is -0.144. The fourth-order valence-corrected chi connectivity index (χ4v) is 3.02. The molecule has 0 saturated heterocycles. The van der Waals surface area contributed by atoms with Crippen LogP contribution in [-0.4, -0.2) is 12.6 Å². The van der Waals surface area contributed by atoms with Crippen molar-refractivity contribution in [2.45, 2.75) is 18.8 Å². The first-order chi connectivity index (χ1) is 9.83. The number of hydrogen-bond acceptors (Lipinski definition) is 2. The molecule has 2 aromatic rings. The number of ether oxygens (including phenoxy) is 1. The number of benzene rings is 2. The Hall–Kier alpha value is -2.09. The molecule has 0 amide bonds. The molecule has 2 aromatic carbocycles. The van der Waals surface area contributed by atoms with Gasteiger partial charge in [-0.1, -0.05) is 60.7 Å². The number of carbonyl (C=O) groups excluding carboxylic acids is 1. The van der Waals surface area contributed by atoms with E-state index in [0.717, 1.165) is 0 Å². The fourth-order valence-electron chi connectivity index (χ4n) is 3.02. The molecular formula is C18H18O2. The smallest absolute Gasteiger partial charge is 0.310 e. The van der Waals surface area contributed by atoms with E-state index in [1.807, 2.05) is 43.3 Å². The molecule has 1 saturated carbocycles. The highest BCUT2D eigenvalue weighted by Gasteiger charge is 2.56. The highest BCUT2D eigenvalue weighted by Crippen LogP contribution is 2.60. The maximum Gasteiger partial charge on any atom is 0.310 e. The predicted molar refractivity (Wildman–Crippen MR) is 78.5 cm³/mol. The third-order valence-corrected chi connectivity index (χ3v) is 3.95. The second kappa shape index (κ2) is 5.49. The lowest BCUT2D eigenvalue weighted by Crippen LogP contribution is -2.08. The van der Waals surface area contributed by atoms with E-state index in [2.05, 4.69) is 24.3 Å². The van der Waals surface area contributed by atoms with Crippen LogP contribution in [0.1, 0.15) is 29.9 Å². The first-order valence-corrected chi connectivity index (χ1v) is 7.09. The Bertz CT molecular complexity index is 531. The lowest BCUT2D eigenvalue weighted by atomic mass is 10.0. The summed E-state index contributed by atoms with van der Waals surface area (Å²) in [5, 5.41) is 0. The summed E-state index contributed by atoms with van der Waals surface area (Å²) in [4.78, 5) is 12.2. The van der Waals surface area contributed by atoms with Crippen molar-refractivity contribution in [3.05, 3.63) is 71.8 Å². The summed E-state index contributed by atoms with van der Waals surface area (Å²) >= 11 is 0. The molecule has 102 valence electrons. The van der Waals surface area contributed by atoms with Gasteiger partial charge in [-0.05, 0) is 18.1 Å². The van der Waals surface area contributed by atoms with Crippen molar-refractivity contribution in [1.82, 2.24) is 0 Å².